The standard InChI is InChI=1S/C15H20N2O3/c1-20-10-7-15(16,8-10)14(19)17-13-11-5-3-2-4-9(11)6-12(13)18/h2-5,10,12-13,18H,6-8,16H2,1H3,(H,17,19)/t10?,12-,13+,15?/m1/s1. The van der Waals surface area contributed by atoms with Crippen LogP contribution in [0.5, 0.6) is 0 Å². The first-order valence-corrected chi connectivity index (χ1v) is 6.92. The highest BCUT2D eigenvalue weighted by atomic mass is 16.5. The Labute approximate surface area is 118 Å². The molecule has 0 spiro atoms. The summed E-state index contributed by atoms with van der Waals surface area (Å²) in [6.07, 6.45) is 1.10. The van der Waals surface area contributed by atoms with Crippen LogP contribution >= 0.6 is 0 Å². The van der Waals surface area contributed by atoms with Crippen molar-refractivity contribution in [2.45, 2.75) is 43.1 Å². The summed E-state index contributed by atoms with van der Waals surface area (Å²) in [4.78, 5) is 12.3. The minimum atomic E-state index is -0.863. The Balaban J connectivity index is 1.71. The lowest BCUT2D eigenvalue weighted by Crippen LogP contribution is -2.64. The summed E-state index contributed by atoms with van der Waals surface area (Å²) in [5.74, 6) is -0.202. The average Bonchev–Trinajstić information content (AvgIpc) is 2.71. The van der Waals surface area contributed by atoms with Gasteiger partial charge in [-0.2, -0.15) is 0 Å². The van der Waals surface area contributed by atoms with E-state index in [9.17, 15) is 9.90 Å². The van der Waals surface area contributed by atoms with E-state index < -0.39 is 11.6 Å². The van der Waals surface area contributed by atoms with Gasteiger partial charge in [0.2, 0.25) is 5.91 Å². The number of ether oxygens (including phenoxy) is 1. The maximum atomic E-state index is 12.3. The molecule has 0 aliphatic heterocycles. The van der Waals surface area contributed by atoms with Crippen LogP contribution in [-0.2, 0) is 16.0 Å². The predicted molar refractivity (Wildman–Crippen MR) is 74.0 cm³/mol. The van der Waals surface area contributed by atoms with Gasteiger partial charge in [0.1, 0.15) is 5.54 Å². The molecule has 2 atom stereocenters. The zero-order valence-corrected chi connectivity index (χ0v) is 11.5. The molecule has 2 aliphatic rings. The summed E-state index contributed by atoms with van der Waals surface area (Å²) in [7, 11) is 1.62. The molecule has 0 bridgehead atoms. The summed E-state index contributed by atoms with van der Waals surface area (Å²) >= 11 is 0. The highest BCUT2D eigenvalue weighted by molar-refractivity contribution is 5.88. The van der Waals surface area contributed by atoms with E-state index in [1.54, 1.807) is 7.11 Å². The molecular weight excluding hydrogens is 256 g/mol. The number of carbonyl (C=O) groups excluding carboxylic acids is 1. The lowest BCUT2D eigenvalue weighted by molar-refractivity contribution is -0.137. The molecule has 0 aromatic heterocycles. The van der Waals surface area contributed by atoms with Crippen LogP contribution in [0.15, 0.2) is 24.3 Å². The Bertz CT molecular complexity index is 526. The van der Waals surface area contributed by atoms with Gasteiger partial charge in [0.05, 0.1) is 18.2 Å². The van der Waals surface area contributed by atoms with Crippen molar-refractivity contribution in [1.82, 2.24) is 5.32 Å². The maximum absolute atomic E-state index is 12.3. The summed E-state index contributed by atoms with van der Waals surface area (Å²) in [6, 6.07) is 7.42. The number of benzene rings is 1. The summed E-state index contributed by atoms with van der Waals surface area (Å²) < 4.78 is 5.17. The summed E-state index contributed by atoms with van der Waals surface area (Å²) in [5.41, 5.74) is 7.29. The molecule has 1 fully saturated rings. The Morgan fingerprint density at radius 1 is 1.45 bits per heavy atom. The number of aliphatic hydroxyl groups is 1. The first-order chi connectivity index (χ1) is 9.53. The SMILES string of the molecule is COC1CC(N)(C(=O)N[C@H]2c3ccccc3C[C@H]2O)C1. The number of carbonyl (C=O) groups is 1. The molecule has 0 radical (unpaired) electrons. The van der Waals surface area contributed by atoms with Crippen molar-refractivity contribution in [3.63, 3.8) is 0 Å². The van der Waals surface area contributed by atoms with E-state index in [2.05, 4.69) is 5.32 Å². The van der Waals surface area contributed by atoms with Gasteiger partial charge in [-0.05, 0) is 11.1 Å². The Morgan fingerprint density at radius 2 is 2.15 bits per heavy atom. The zero-order valence-electron chi connectivity index (χ0n) is 11.5. The van der Waals surface area contributed by atoms with E-state index in [0.29, 0.717) is 19.3 Å². The van der Waals surface area contributed by atoms with Gasteiger partial charge in [0.25, 0.3) is 0 Å². The molecule has 2 aliphatic carbocycles. The third kappa shape index (κ3) is 2.12. The fourth-order valence-corrected chi connectivity index (χ4v) is 3.14. The molecule has 0 saturated heterocycles. The van der Waals surface area contributed by atoms with Crippen LogP contribution in [0, 0.1) is 0 Å². The van der Waals surface area contributed by atoms with Gasteiger partial charge in [-0.15, -0.1) is 0 Å². The van der Waals surface area contributed by atoms with E-state index in [0.717, 1.165) is 11.1 Å². The summed E-state index contributed by atoms with van der Waals surface area (Å²) in [6.45, 7) is 0. The number of aliphatic hydroxyl groups excluding tert-OH is 1. The Kier molecular flexibility index (Phi) is 3.28. The summed E-state index contributed by atoms with van der Waals surface area (Å²) in [5, 5.41) is 13.0. The minimum Gasteiger partial charge on any atom is -0.390 e. The quantitative estimate of drug-likeness (QED) is 0.739. The van der Waals surface area contributed by atoms with Gasteiger partial charge >= 0.3 is 0 Å². The molecular formula is C15H20N2O3. The lowest BCUT2D eigenvalue weighted by atomic mass is 9.74. The second kappa shape index (κ2) is 4.84. The van der Waals surface area contributed by atoms with Gasteiger partial charge in [0, 0.05) is 26.4 Å². The van der Waals surface area contributed by atoms with Crippen molar-refractivity contribution in [2.24, 2.45) is 5.73 Å². The fraction of sp³-hybridized carbons (Fsp3) is 0.533. The third-order valence-corrected chi connectivity index (χ3v) is 4.46. The number of hydrogen-bond donors (Lipinski definition) is 3. The number of rotatable bonds is 3. The van der Waals surface area contributed by atoms with Crippen LogP contribution in [0.3, 0.4) is 0 Å². The average molecular weight is 276 g/mol. The van der Waals surface area contributed by atoms with E-state index in [4.69, 9.17) is 10.5 Å². The first-order valence-electron chi connectivity index (χ1n) is 6.92. The third-order valence-electron chi connectivity index (χ3n) is 4.46. The van der Waals surface area contributed by atoms with Crippen molar-refractivity contribution in [1.29, 1.82) is 0 Å². The maximum Gasteiger partial charge on any atom is 0.240 e. The van der Waals surface area contributed by atoms with Crippen molar-refractivity contribution < 1.29 is 14.6 Å². The van der Waals surface area contributed by atoms with Crippen molar-refractivity contribution in [3.05, 3.63) is 35.4 Å². The van der Waals surface area contributed by atoms with E-state index in [1.807, 2.05) is 24.3 Å². The van der Waals surface area contributed by atoms with Crippen LogP contribution < -0.4 is 11.1 Å². The number of fused-ring (bicyclic) bond motifs is 1. The molecule has 5 nitrogen and oxygen atoms in total. The molecule has 1 aromatic rings. The van der Waals surface area contributed by atoms with Crippen LogP contribution in [0.1, 0.15) is 30.0 Å². The Hall–Kier alpha value is -1.43. The number of nitrogens with two attached hydrogens (primary N) is 1. The minimum absolute atomic E-state index is 0.0616. The molecule has 1 amide bonds. The van der Waals surface area contributed by atoms with Gasteiger partial charge in [-0.1, -0.05) is 24.3 Å². The highest BCUT2D eigenvalue weighted by Crippen LogP contribution is 2.35. The van der Waals surface area contributed by atoms with Crippen LogP contribution in [0.25, 0.3) is 0 Å². The molecule has 1 aromatic carbocycles. The highest BCUT2D eigenvalue weighted by Gasteiger charge is 2.48. The monoisotopic (exact) mass is 276 g/mol. The largest absolute Gasteiger partial charge is 0.390 e. The molecule has 5 heteroatoms. The smallest absolute Gasteiger partial charge is 0.240 e. The topological polar surface area (TPSA) is 84.6 Å². The van der Waals surface area contributed by atoms with Crippen LogP contribution in [0.2, 0.25) is 0 Å². The second-order valence-electron chi connectivity index (χ2n) is 5.84. The van der Waals surface area contributed by atoms with E-state index in [-0.39, 0.29) is 18.1 Å². The molecule has 0 heterocycles. The van der Waals surface area contributed by atoms with Crippen molar-refractivity contribution in [3.8, 4) is 0 Å². The number of hydrogen-bond acceptors (Lipinski definition) is 4. The van der Waals surface area contributed by atoms with Crippen LogP contribution in [-0.4, -0.2) is 35.9 Å². The van der Waals surface area contributed by atoms with Gasteiger partial charge in [-0.3, -0.25) is 4.79 Å². The van der Waals surface area contributed by atoms with Crippen LogP contribution in [0.4, 0.5) is 0 Å². The van der Waals surface area contributed by atoms with E-state index in [1.165, 1.54) is 0 Å². The molecule has 108 valence electrons. The van der Waals surface area contributed by atoms with Crippen molar-refractivity contribution in [2.75, 3.05) is 7.11 Å². The number of methoxy groups -OCH3 is 1. The molecule has 4 N–H and O–H groups in total. The second-order valence-corrected chi connectivity index (χ2v) is 5.84. The van der Waals surface area contributed by atoms with Gasteiger partial charge in [0.15, 0.2) is 0 Å². The van der Waals surface area contributed by atoms with Crippen molar-refractivity contribution >= 4 is 5.91 Å². The number of nitrogens with one attached hydrogen (secondary N) is 1. The van der Waals surface area contributed by atoms with Gasteiger partial charge < -0.3 is 20.9 Å². The van der Waals surface area contributed by atoms with Gasteiger partial charge in [-0.25, -0.2) is 0 Å². The lowest BCUT2D eigenvalue weighted by Gasteiger charge is -2.43. The number of amides is 1. The Morgan fingerprint density at radius 3 is 2.85 bits per heavy atom. The van der Waals surface area contributed by atoms with E-state index >= 15 is 0 Å². The normalized spacial score (nSPS) is 35.2. The molecule has 1 saturated carbocycles. The fourth-order valence-electron chi connectivity index (χ4n) is 3.14. The molecule has 20 heavy (non-hydrogen) atoms. The predicted octanol–water partition coefficient (Wildman–Crippen LogP) is 0.267. The zero-order chi connectivity index (χ0) is 14.3. The first kappa shape index (κ1) is 13.5. The molecule has 3 rings (SSSR count). The molecule has 0 unspecified atom stereocenters.